The van der Waals surface area contributed by atoms with Crippen LogP contribution in [0.3, 0.4) is 0 Å². The maximum Gasteiger partial charge on any atom is 0.259 e. The molecule has 4 amide bonds. The third kappa shape index (κ3) is 4.12. The molecular formula is C24H22N2O4. The lowest BCUT2D eigenvalue weighted by Gasteiger charge is -1.99. The molecule has 2 heterocycles. The van der Waals surface area contributed by atoms with Crippen molar-refractivity contribution in [2.75, 3.05) is 0 Å². The number of allylic oxidation sites excluding steroid dienone is 2. The molecule has 2 aliphatic heterocycles. The Morgan fingerprint density at radius 3 is 1.40 bits per heavy atom. The Kier molecular flexibility index (Phi) is 6.37. The van der Waals surface area contributed by atoms with Gasteiger partial charge in [0.1, 0.15) is 0 Å². The van der Waals surface area contributed by atoms with Gasteiger partial charge in [0, 0.05) is 0 Å². The smallest absolute Gasteiger partial charge is 0.259 e. The molecule has 0 aliphatic carbocycles. The van der Waals surface area contributed by atoms with Gasteiger partial charge in [-0.25, -0.2) is 0 Å². The lowest BCUT2D eigenvalue weighted by molar-refractivity contribution is 0.0863. The summed E-state index contributed by atoms with van der Waals surface area (Å²) in [6.45, 7) is 4.04. The first-order valence-electron chi connectivity index (χ1n) is 9.78. The zero-order valence-corrected chi connectivity index (χ0v) is 16.8. The van der Waals surface area contributed by atoms with Crippen LogP contribution in [0.5, 0.6) is 0 Å². The zero-order valence-electron chi connectivity index (χ0n) is 16.8. The number of fused-ring (bicyclic) bond motifs is 2. The van der Waals surface area contributed by atoms with Crippen LogP contribution >= 0.6 is 0 Å². The van der Waals surface area contributed by atoms with E-state index in [-0.39, 0.29) is 23.6 Å². The van der Waals surface area contributed by atoms with Gasteiger partial charge in [0.05, 0.1) is 22.3 Å². The number of carbonyl (C=O) groups is 4. The fraction of sp³-hybridized carbons (Fsp3) is 0.167. The van der Waals surface area contributed by atoms with E-state index in [0.717, 1.165) is 24.0 Å². The second kappa shape index (κ2) is 9.13. The van der Waals surface area contributed by atoms with Crippen LogP contribution in [0, 0.1) is 0 Å². The Labute approximate surface area is 174 Å². The van der Waals surface area contributed by atoms with Crippen molar-refractivity contribution in [3.63, 3.8) is 0 Å². The van der Waals surface area contributed by atoms with E-state index < -0.39 is 0 Å². The van der Waals surface area contributed by atoms with E-state index in [9.17, 15) is 19.2 Å². The van der Waals surface area contributed by atoms with E-state index in [1.165, 1.54) is 0 Å². The quantitative estimate of drug-likeness (QED) is 0.757. The standard InChI is InChI=1S/2C12H11NO2/c2*1-2-3-5-8-6-4-7-9-10(8)12(15)13-11(9)14/h2*3-7H,2H2,1H3,(H,13,14,15). The molecule has 152 valence electrons. The third-order valence-corrected chi connectivity index (χ3v) is 4.66. The Morgan fingerprint density at radius 1 is 0.633 bits per heavy atom. The molecule has 0 bridgehead atoms. The molecule has 2 aromatic rings. The van der Waals surface area contributed by atoms with E-state index in [4.69, 9.17) is 0 Å². The Balaban J connectivity index is 0.000000171. The topological polar surface area (TPSA) is 92.3 Å². The molecule has 0 radical (unpaired) electrons. The van der Waals surface area contributed by atoms with E-state index in [0.29, 0.717) is 22.3 Å². The summed E-state index contributed by atoms with van der Waals surface area (Å²) < 4.78 is 0. The lowest BCUT2D eigenvalue weighted by Crippen LogP contribution is -2.20. The Morgan fingerprint density at radius 2 is 1.03 bits per heavy atom. The molecule has 2 N–H and O–H groups in total. The van der Waals surface area contributed by atoms with Crippen LogP contribution in [0.1, 0.15) is 79.2 Å². The molecule has 4 rings (SSSR count). The largest absolute Gasteiger partial charge is 0.288 e. The van der Waals surface area contributed by atoms with Gasteiger partial charge in [-0.1, -0.05) is 62.4 Å². The summed E-state index contributed by atoms with van der Waals surface area (Å²) in [6.07, 6.45) is 9.48. The van der Waals surface area contributed by atoms with Gasteiger partial charge in [-0.2, -0.15) is 0 Å². The van der Waals surface area contributed by atoms with Gasteiger partial charge in [0.2, 0.25) is 0 Å². The maximum atomic E-state index is 11.5. The average molecular weight is 402 g/mol. The van der Waals surface area contributed by atoms with Gasteiger partial charge in [0.15, 0.2) is 0 Å². The van der Waals surface area contributed by atoms with E-state index in [1.807, 2.05) is 50.3 Å². The van der Waals surface area contributed by atoms with Crippen molar-refractivity contribution in [3.05, 3.63) is 81.9 Å². The summed E-state index contributed by atoms with van der Waals surface area (Å²) in [5.41, 5.74) is 3.53. The number of amides is 4. The van der Waals surface area contributed by atoms with Gasteiger partial charge >= 0.3 is 0 Å². The molecular weight excluding hydrogens is 380 g/mol. The van der Waals surface area contributed by atoms with Crippen LogP contribution in [0.2, 0.25) is 0 Å². The Hall–Kier alpha value is -3.80. The molecule has 0 saturated carbocycles. The summed E-state index contributed by atoms with van der Waals surface area (Å²) in [4.78, 5) is 45.7. The third-order valence-electron chi connectivity index (χ3n) is 4.66. The SMILES string of the molecule is CCC=Cc1cccc2c1C(=O)NC2=O.CCC=Cc1cccc2c1C(=O)NC2=O. The first kappa shape index (κ1) is 20.9. The molecule has 0 atom stereocenters. The lowest BCUT2D eigenvalue weighted by atomic mass is 10.0. The van der Waals surface area contributed by atoms with Gasteiger partial charge in [0.25, 0.3) is 23.6 Å². The summed E-state index contributed by atoms with van der Waals surface area (Å²) in [5, 5.41) is 4.57. The molecule has 2 aromatic carbocycles. The van der Waals surface area contributed by atoms with Crippen molar-refractivity contribution in [2.45, 2.75) is 26.7 Å². The van der Waals surface area contributed by atoms with Crippen molar-refractivity contribution in [3.8, 4) is 0 Å². The van der Waals surface area contributed by atoms with Crippen molar-refractivity contribution in [1.82, 2.24) is 10.6 Å². The summed E-state index contributed by atoms with van der Waals surface area (Å²) in [5.74, 6) is -1.21. The molecule has 0 aromatic heterocycles. The second-order valence-corrected chi connectivity index (χ2v) is 6.73. The highest BCUT2D eigenvalue weighted by atomic mass is 16.2. The van der Waals surface area contributed by atoms with Crippen LogP contribution in [0.25, 0.3) is 12.2 Å². The zero-order chi connectivity index (χ0) is 21.7. The summed E-state index contributed by atoms with van der Waals surface area (Å²) in [7, 11) is 0. The molecule has 2 aliphatic rings. The molecule has 6 nitrogen and oxygen atoms in total. The van der Waals surface area contributed by atoms with E-state index in [1.54, 1.807) is 24.3 Å². The fourth-order valence-electron chi connectivity index (χ4n) is 3.26. The predicted octanol–water partition coefficient (Wildman–Crippen LogP) is 3.99. The number of rotatable bonds is 4. The highest BCUT2D eigenvalue weighted by Crippen LogP contribution is 2.22. The predicted molar refractivity (Wildman–Crippen MR) is 115 cm³/mol. The highest BCUT2D eigenvalue weighted by molar-refractivity contribution is 6.23. The average Bonchev–Trinajstić information content (AvgIpc) is 3.21. The molecule has 0 saturated heterocycles. The minimum absolute atomic E-state index is 0.300. The highest BCUT2D eigenvalue weighted by Gasteiger charge is 2.29. The number of nitrogens with one attached hydrogen (secondary N) is 2. The van der Waals surface area contributed by atoms with E-state index >= 15 is 0 Å². The normalized spacial score (nSPS) is 14.5. The second-order valence-electron chi connectivity index (χ2n) is 6.73. The van der Waals surface area contributed by atoms with E-state index in [2.05, 4.69) is 10.6 Å². The summed E-state index contributed by atoms with van der Waals surface area (Å²) >= 11 is 0. The van der Waals surface area contributed by atoms with Gasteiger partial charge in [-0.05, 0) is 36.1 Å². The summed E-state index contributed by atoms with van der Waals surface area (Å²) in [6, 6.07) is 10.6. The van der Waals surface area contributed by atoms with Gasteiger partial charge in [-0.15, -0.1) is 0 Å². The van der Waals surface area contributed by atoms with Gasteiger partial charge < -0.3 is 0 Å². The number of hydrogen-bond acceptors (Lipinski definition) is 4. The van der Waals surface area contributed by atoms with Gasteiger partial charge in [-0.3, -0.25) is 29.8 Å². The molecule has 0 unspecified atom stereocenters. The number of imide groups is 2. The number of carbonyl (C=O) groups excluding carboxylic acids is 4. The monoisotopic (exact) mass is 402 g/mol. The first-order valence-corrected chi connectivity index (χ1v) is 9.78. The fourth-order valence-corrected chi connectivity index (χ4v) is 3.26. The van der Waals surface area contributed by atoms with Crippen LogP contribution in [-0.4, -0.2) is 23.6 Å². The van der Waals surface area contributed by atoms with Crippen LogP contribution in [-0.2, 0) is 0 Å². The van der Waals surface area contributed by atoms with Crippen molar-refractivity contribution in [2.24, 2.45) is 0 Å². The van der Waals surface area contributed by atoms with Crippen LogP contribution < -0.4 is 10.6 Å². The van der Waals surface area contributed by atoms with Crippen LogP contribution in [0.4, 0.5) is 0 Å². The number of hydrogen-bond donors (Lipinski definition) is 2. The molecule has 0 fully saturated rings. The van der Waals surface area contributed by atoms with Crippen molar-refractivity contribution in [1.29, 1.82) is 0 Å². The number of benzene rings is 2. The van der Waals surface area contributed by atoms with Crippen LogP contribution in [0.15, 0.2) is 48.6 Å². The first-order chi connectivity index (χ1) is 14.5. The Bertz CT molecular complexity index is 1010. The minimum Gasteiger partial charge on any atom is -0.288 e. The molecule has 0 spiro atoms. The van der Waals surface area contributed by atoms with Crippen molar-refractivity contribution < 1.29 is 19.2 Å². The van der Waals surface area contributed by atoms with Crippen molar-refractivity contribution >= 4 is 35.8 Å². The molecule has 6 heteroatoms. The minimum atomic E-state index is -0.304. The molecule has 30 heavy (non-hydrogen) atoms. The maximum absolute atomic E-state index is 11.5.